The number of morpholine rings is 1. The highest BCUT2D eigenvalue weighted by molar-refractivity contribution is 7.86. The average Bonchev–Trinajstić information content (AvgIpc) is 2.45. The summed E-state index contributed by atoms with van der Waals surface area (Å²) in [6.07, 6.45) is 0. The van der Waals surface area contributed by atoms with E-state index in [1.54, 1.807) is 4.90 Å². The summed E-state index contributed by atoms with van der Waals surface area (Å²) in [5.74, 6) is 0.413. The first-order valence-corrected chi connectivity index (χ1v) is 9.00. The molecule has 1 aromatic rings. The molecular weight excluding hydrogens is 322 g/mol. The zero-order valence-corrected chi connectivity index (χ0v) is 14.7. The average molecular weight is 344 g/mol. The molecular formula is C16H22ClNO3S. The first-order valence-electron chi connectivity index (χ1n) is 7.30. The van der Waals surface area contributed by atoms with E-state index in [0.29, 0.717) is 23.9 Å². The Labute approximate surface area is 139 Å². The molecule has 0 bridgehead atoms. The standard InChI is InChI=1S/C16H22ClNO3S/c1-16(2,3)22(20)9-8-18-14(10-21-11-15(18)19)12-4-6-13(17)7-5-12/h4-7,14H,8-11H2,1-3H3/t14-,22?/m0/s1. The van der Waals surface area contributed by atoms with Crippen molar-refractivity contribution in [3.63, 3.8) is 0 Å². The van der Waals surface area contributed by atoms with Gasteiger partial charge in [0.15, 0.2) is 0 Å². The Bertz CT molecular complexity index is 554. The van der Waals surface area contributed by atoms with Gasteiger partial charge < -0.3 is 9.64 Å². The molecule has 1 saturated heterocycles. The van der Waals surface area contributed by atoms with Crippen molar-refractivity contribution in [3.8, 4) is 0 Å². The summed E-state index contributed by atoms with van der Waals surface area (Å²) in [6, 6.07) is 7.28. The van der Waals surface area contributed by atoms with Gasteiger partial charge in [0.25, 0.3) is 0 Å². The van der Waals surface area contributed by atoms with Gasteiger partial charge in [0, 0.05) is 32.9 Å². The monoisotopic (exact) mass is 343 g/mol. The van der Waals surface area contributed by atoms with E-state index in [1.165, 1.54) is 0 Å². The largest absolute Gasteiger partial charge is 0.369 e. The third-order valence-electron chi connectivity index (χ3n) is 3.65. The zero-order chi connectivity index (χ0) is 16.3. The first-order chi connectivity index (χ1) is 10.3. The number of benzene rings is 1. The number of rotatable bonds is 4. The predicted octanol–water partition coefficient (Wildman–Crippen LogP) is 2.79. The number of hydrogen-bond acceptors (Lipinski definition) is 3. The quantitative estimate of drug-likeness (QED) is 0.844. The molecule has 4 nitrogen and oxygen atoms in total. The number of amides is 1. The van der Waals surface area contributed by atoms with Crippen molar-refractivity contribution < 1.29 is 13.7 Å². The maximum atomic E-state index is 12.2. The van der Waals surface area contributed by atoms with Crippen LogP contribution in [0.15, 0.2) is 24.3 Å². The zero-order valence-electron chi connectivity index (χ0n) is 13.2. The Balaban J connectivity index is 2.12. The molecule has 1 amide bonds. The number of carbonyl (C=O) groups is 1. The molecule has 0 N–H and O–H groups in total. The molecule has 2 atom stereocenters. The summed E-state index contributed by atoms with van der Waals surface area (Å²) < 4.78 is 17.3. The molecule has 1 aliphatic heterocycles. The van der Waals surface area contributed by atoms with Crippen molar-refractivity contribution >= 4 is 28.3 Å². The number of carbonyl (C=O) groups excluding carboxylic acids is 1. The van der Waals surface area contributed by atoms with Gasteiger partial charge in [0.05, 0.1) is 12.6 Å². The second-order valence-electron chi connectivity index (χ2n) is 6.33. The minimum absolute atomic E-state index is 0.0582. The van der Waals surface area contributed by atoms with Gasteiger partial charge in [-0.25, -0.2) is 0 Å². The van der Waals surface area contributed by atoms with Crippen LogP contribution in [0.1, 0.15) is 32.4 Å². The number of hydrogen-bond donors (Lipinski definition) is 0. The van der Waals surface area contributed by atoms with Gasteiger partial charge in [-0.2, -0.15) is 0 Å². The van der Waals surface area contributed by atoms with E-state index in [0.717, 1.165) is 5.56 Å². The summed E-state index contributed by atoms with van der Waals surface area (Å²) in [5.41, 5.74) is 0.985. The van der Waals surface area contributed by atoms with Crippen molar-refractivity contribution in [2.45, 2.75) is 31.6 Å². The van der Waals surface area contributed by atoms with Crippen LogP contribution in [0.5, 0.6) is 0 Å². The molecule has 0 saturated carbocycles. The Morgan fingerprint density at radius 3 is 2.55 bits per heavy atom. The Kier molecular flexibility index (Phi) is 5.64. The molecule has 1 aromatic carbocycles. The van der Waals surface area contributed by atoms with Crippen molar-refractivity contribution in [1.29, 1.82) is 0 Å². The van der Waals surface area contributed by atoms with Crippen molar-refractivity contribution in [3.05, 3.63) is 34.9 Å². The lowest BCUT2D eigenvalue weighted by Gasteiger charge is -2.36. The molecule has 22 heavy (non-hydrogen) atoms. The smallest absolute Gasteiger partial charge is 0.249 e. The van der Waals surface area contributed by atoms with Gasteiger partial charge in [-0.05, 0) is 38.5 Å². The van der Waals surface area contributed by atoms with Crippen molar-refractivity contribution in [1.82, 2.24) is 4.90 Å². The van der Waals surface area contributed by atoms with E-state index in [9.17, 15) is 9.00 Å². The Morgan fingerprint density at radius 1 is 1.32 bits per heavy atom. The molecule has 0 spiro atoms. The highest BCUT2D eigenvalue weighted by Gasteiger charge is 2.31. The van der Waals surface area contributed by atoms with Gasteiger partial charge in [-0.15, -0.1) is 0 Å². The van der Waals surface area contributed by atoms with Gasteiger partial charge in [-0.1, -0.05) is 23.7 Å². The summed E-state index contributed by atoms with van der Waals surface area (Å²) in [4.78, 5) is 14.0. The third-order valence-corrected chi connectivity index (χ3v) is 5.82. The second-order valence-corrected chi connectivity index (χ2v) is 9.09. The second kappa shape index (κ2) is 7.11. The third kappa shape index (κ3) is 4.31. The van der Waals surface area contributed by atoms with Gasteiger partial charge in [-0.3, -0.25) is 9.00 Å². The fourth-order valence-corrected chi connectivity index (χ4v) is 3.43. The topological polar surface area (TPSA) is 46.6 Å². The molecule has 0 aromatic heterocycles. The van der Waals surface area contributed by atoms with Crippen LogP contribution in [0.25, 0.3) is 0 Å². The fourth-order valence-electron chi connectivity index (χ4n) is 2.33. The van der Waals surface area contributed by atoms with Crippen molar-refractivity contribution in [2.24, 2.45) is 0 Å². The molecule has 1 aliphatic rings. The van der Waals surface area contributed by atoms with Crippen LogP contribution in [0.4, 0.5) is 0 Å². The van der Waals surface area contributed by atoms with Crippen LogP contribution < -0.4 is 0 Å². The maximum Gasteiger partial charge on any atom is 0.249 e. The van der Waals surface area contributed by atoms with Gasteiger partial charge in [0.1, 0.15) is 6.61 Å². The minimum Gasteiger partial charge on any atom is -0.369 e. The van der Waals surface area contributed by atoms with Gasteiger partial charge in [0.2, 0.25) is 5.91 Å². The normalized spacial score (nSPS) is 21.0. The number of nitrogens with zero attached hydrogens (tertiary/aromatic N) is 1. The van der Waals surface area contributed by atoms with Gasteiger partial charge >= 0.3 is 0 Å². The molecule has 6 heteroatoms. The van der Waals surface area contributed by atoms with E-state index in [4.69, 9.17) is 16.3 Å². The van der Waals surface area contributed by atoms with Crippen LogP contribution >= 0.6 is 11.6 Å². The Morgan fingerprint density at radius 2 is 1.95 bits per heavy atom. The minimum atomic E-state index is -0.985. The van der Waals surface area contributed by atoms with E-state index in [-0.39, 0.29) is 23.3 Å². The molecule has 1 fully saturated rings. The van der Waals surface area contributed by atoms with E-state index >= 15 is 0 Å². The lowest BCUT2D eigenvalue weighted by molar-refractivity contribution is -0.148. The summed E-state index contributed by atoms with van der Waals surface area (Å²) >= 11 is 5.92. The van der Waals surface area contributed by atoms with Crippen LogP contribution in [0.2, 0.25) is 5.02 Å². The first kappa shape index (κ1) is 17.4. The van der Waals surface area contributed by atoms with E-state index in [1.807, 2.05) is 45.0 Å². The number of halogens is 1. The molecule has 0 aliphatic carbocycles. The Hall–Kier alpha value is -0.910. The van der Waals surface area contributed by atoms with Crippen LogP contribution in [0.3, 0.4) is 0 Å². The summed E-state index contributed by atoms with van der Waals surface area (Å²) in [6.45, 7) is 6.85. The molecule has 2 rings (SSSR count). The predicted molar refractivity (Wildman–Crippen MR) is 89.5 cm³/mol. The molecule has 1 heterocycles. The lowest BCUT2D eigenvalue weighted by Crippen LogP contribution is -2.46. The van der Waals surface area contributed by atoms with Crippen molar-refractivity contribution in [2.75, 3.05) is 25.5 Å². The fraction of sp³-hybridized carbons (Fsp3) is 0.562. The summed E-state index contributed by atoms with van der Waals surface area (Å²) in [5, 5.41) is 0.659. The van der Waals surface area contributed by atoms with Crippen LogP contribution in [-0.2, 0) is 20.3 Å². The molecule has 122 valence electrons. The van der Waals surface area contributed by atoms with Crippen LogP contribution in [0, 0.1) is 0 Å². The highest BCUT2D eigenvalue weighted by atomic mass is 35.5. The molecule has 1 unspecified atom stereocenters. The number of ether oxygens (including phenoxy) is 1. The summed E-state index contributed by atoms with van der Waals surface area (Å²) in [7, 11) is -0.985. The van der Waals surface area contributed by atoms with E-state index < -0.39 is 10.8 Å². The SMILES string of the molecule is CC(C)(C)S(=O)CCN1C(=O)COC[C@H]1c1ccc(Cl)cc1. The lowest BCUT2D eigenvalue weighted by atomic mass is 10.0. The van der Waals surface area contributed by atoms with E-state index in [2.05, 4.69) is 0 Å². The highest BCUT2D eigenvalue weighted by Crippen LogP contribution is 2.26. The maximum absolute atomic E-state index is 12.2. The van der Waals surface area contributed by atoms with Crippen LogP contribution in [-0.4, -0.2) is 45.3 Å². The molecule has 0 radical (unpaired) electrons.